The van der Waals surface area contributed by atoms with E-state index in [0.717, 1.165) is 42.8 Å². The number of primary amides is 1. The maximum atomic E-state index is 14.3. The molecule has 1 fully saturated rings. The van der Waals surface area contributed by atoms with E-state index in [1.165, 1.54) is 29.5 Å². The Balaban J connectivity index is 0.00000259. The third kappa shape index (κ3) is 4.57. The zero-order chi connectivity index (χ0) is 22.2. The maximum Gasteiger partial charge on any atom is 0.249 e. The monoisotopic (exact) mass is 491 g/mol. The highest BCUT2D eigenvalue weighted by molar-refractivity contribution is 6.35. The Morgan fingerprint density at radius 2 is 2.06 bits per heavy atom. The molecule has 2 aliphatic rings. The number of para-hydroxylation sites is 1. The number of carbonyl (C=O) groups excluding carboxylic acids is 1. The smallest absolute Gasteiger partial charge is 0.249 e. The lowest BCUT2D eigenvalue weighted by Gasteiger charge is -2.44. The van der Waals surface area contributed by atoms with E-state index in [0.29, 0.717) is 30.2 Å². The summed E-state index contributed by atoms with van der Waals surface area (Å²) in [5, 5.41) is 1.91. The van der Waals surface area contributed by atoms with Gasteiger partial charge >= 0.3 is 0 Å². The van der Waals surface area contributed by atoms with Crippen LogP contribution in [0.4, 0.5) is 4.39 Å². The van der Waals surface area contributed by atoms with Crippen LogP contribution >= 0.6 is 24.0 Å². The number of benzene rings is 2. The van der Waals surface area contributed by atoms with Gasteiger partial charge in [-0.05, 0) is 62.4 Å². The number of nitrogens with two attached hydrogens (primary N) is 1. The summed E-state index contributed by atoms with van der Waals surface area (Å²) < 4.78 is 20.1. The van der Waals surface area contributed by atoms with Crippen LogP contribution in [0.15, 0.2) is 36.5 Å². The first-order valence-corrected chi connectivity index (χ1v) is 11.6. The SMILES string of the molecule is Cl.NC(=O)c1ccc(F)c2c1CC(N(CCCc1c[nH]c3c(Cl)cccc13)C1CCC1)CO2. The predicted octanol–water partition coefficient (Wildman–Crippen LogP) is 5.27. The van der Waals surface area contributed by atoms with Crippen LogP contribution in [0.3, 0.4) is 0 Å². The molecule has 33 heavy (non-hydrogen) atoms. The number of nitrogens with zero attached hydrogens (tertiary/aromatic N) is 1. The zero-order valence-corrected chi connectivity index (χ0v) is 19.9. The molecule has 1 amide bonds. The summed E-state index contributed by atoms with van der Waals surface area (Å²) in [7, 11) is 0. The number of aromatic amines is 1. The van der Waals surface area contributed by atoms with Crippen LogP contribution in [0.25, 0.3) is 10.9 Å². The van der Waals surface area contributed by atoms with Gasteiger partial charge in [-0.25, -0.2) is 4.39 Å². The fourth-order valence-corrected chi connectivity index (χ4v) is 5.32. The van der Waals surface area contributed by atoms with Crippen LogP contribution in [0, 0.1) is 5.82 Å². The molecule has 0 spiro atoms. The number of rotatable bonds is 7. The van der Waals surface area contributed by atoms with Gasteiger partial charge in [0.1, 0.15) is 6.61 Å². The van der Waals surface area contributed by atoms with Gasteiger partial charge in [-0.3, -0.25) is 9.69 Å². The molecule has 2 aromatic carbocycles. The van der Waals surface area contributed by atoms with Gasteiger partial charge in [0.2, 0.25) is 5.91 Å². The number of H-pyrrole nitrogens is 1. The van der Waals surface area contributed by atoms with Gasteiger partial charge in [-0.2, -0.15) is 0 Å². The van der Waals surface area contributed by atoms with Crippen LogP contribution in [0.2, 0.25) is 5.02 Å². The van der Waals surface area contributed by atoms with E-state index in [-0.39, 0.29) is 24.2 Å². The molecular weight excluding hydrogens is 464 g/mol. The van der Waals surface area contributed by atoms with Crippen molar-refractivity contribution in [1.82, 2.24) is 9.88 Å². The second-order valence-corrected chi connectivity index (χ2v) is 9.25. The second-order valence-electron chi connectivity index (χ2n) is 8.84. The van der Waals surface area contributed by atoms with Crippen LogP contribution in [-0.2, 0) is 12.8 Å². The normalized spacial score (nSPS) is 17.8. The van der Waals surface area contributed by atoms with Crippen molar-refractivity contribution in [3.05, 3.63) is 64.1 Å². The third-order valence-corrected chi connectivity index (χ3v) is 7.28. The van der Waals surface area contributed by atoms with Gasteiger partial charge in [-0.15, -0.1) is 12.4 Å². The van der Waals surface area contributed by atoms with Crippen molar-refractivity contribution in [2.75, 3.05) is 13.2 Å². The Kier molecular flexibility index (Phi) is 7.17. The Labute approximate surface area is 203 Å². The van der Waals surface area contributed by atoms with Crippen LogP contribution in [0.1, 0.15) is 47.2 Å². The van der Waals surface area contributed by atoms with Crippen molar-refractivity contribution in [3.63, 3.8) is 0 Å². The fraction of sp³-hybridized carbons (Fsp3) is 0.400. The molecule has 1 atom stereocenters. The zero-order valence-electron chi connectivity index (χ0n) is 18.3. The molecule has 3 N–H and O–H groups in total. The Morgan fingerprint density at radius 1 is 1.24 bits per heavy atom. The largest absolute Gasteiger partial charge is 0.489 e. The molecule has 0 bridgehead atoms. The number of hydrogen-bond acceptors (Lipinski definition) is 3. The number of amides is 1. The summed E-state index contributed by atoms with van der Waals surface area (Å²) in [6, 6.07) is 9.32. The average molecular weight is 492 g/mol. The summed E-state index contributed by atoms with van der Waals surface area (Å²) in [4.78, 5) is 17.7. The highest BCUT2D eigenvalue weighted by atomic mass is 35.5. The lowest BCUT2D eigenvalue weighted by atomic mass is 9.87. The van der Waals surface area contributed by atoms with E-state index in [1.54, 1.807) is 0 Å². The summed E-state index contributed by atoms with van der Waals surface area (Å²) >= 11 is 6.30. The molecule has 176 valence electrons. The first-order chi connectivity index (χ1) is 15.5. The molecule has 1 aliphatic heterocycles. The van der Waals surface area contributed by atoms with Crippen LogP contribution < -0.4 is 10.5 Å². The molecule has 5 nitrogen and oxygen atoms in total. The molecule has 1 aliphatic carbocycles. The second kappa shape index (κ2) is 9.92. The highest BCUT2D eigenvalue weighted by Gasteiger charge is 2.35. The van der Waals surface area contributed by atoms with Crippen molar-refractivity contribution in [3.8, 4) is 5.75 Å². The number of aromatic nitrogens is 1. The van der Waals surface area contributed by atoms with Crippen LogP contribution in [-0.4, -0.2) is 41.0 Å². The Morgan fingerprint density at radius 3 is 2.79 bits per heavy atom. The van der Waals surface area contributed by atoms with Crippen molar-refractivity contribution in [1.29, 1.82) is 0 Å². The average Bonchev–Trinajstić information content (AvgIpc) is 3.16. The van der Waals surface area contributed by atoms with Gasteiger partial charge in [0.15, 0.2) is 11.6 Å². The fourth-order valence-electron chi connectivity index (χ4n) is 5.09. The van der Waals surface area contributed by atoms with E-state index in [1.807, 2.05) is 18.3 Å². The Bertz CT molecular complexity index is 1160. The first-order valence-electron chi connectivity index (χ1n) is 11.3. The van der Waals surface area contributed by atoms with Crippen molar-refractivity contribution >= 4 is 40.8 Å². The number of nitrogens with one attached hydrogen (secondary N) is 1. The summed E-state index contributed by atoms with van der Waals surface area (Å²) in [6.45, 7) is 1.34. The van der Waals surface area contributed by atoms with E-state index in [2.05, 4.69) is 16.0 Å². The molecule has 0 radical (unpaired) electrons. The third-order valence-electron chi connectivity index (χ3n) is 6.96. The topological polar surface area (TPSA) is 71.4 Å². The van der Waals surface area contributed by atoms with E-state index in [9.17, 15) is 9.18 Å². The molecule has 8 heteroatoms. The minimum Gasteiger partial charge on any atom is -0.489 e. The number of ether oxygens (including phenoxy) is 1. The first kappa shape index (κ1) is 23.9. The number of fused-ring (bicyclic) bond motifs is 2. The molecule has 1 aromatic heterocycles. The number of halogens is 3. The van der Waals surface area contributed by atoms with Gasteiger partial charge in [0.05, 0.1) is 10.5 Å². The van der Waals surface area contributed by atoms with Gasteiger partial charge in [-0.1, -0.05) is 30.2 Å². The molecule has 1 unspecified atom stereocenters. The van der Waals surface area contributed by atoms with Crippen molar-refractivity contribution in [2.24, 2.45) is 5.73 Å². The summed E-state index contributed by atoms with van der Waals surface area (Å²) in [5.41, 5.74) is 8.76. The van der Waals surface area contributed by atoms with Gasteiger partial charge in [0, 0.05) is 34.8 Å². The minimum absolute atomic E-state index is 0. The van der Waals surface area contributed by atoms with E-state index >= 15 is 0 Å². The number of carbonyl (C=O) groups is 1. The quantitative estimate of drug-likeness (QED) is 0.472. The molecule has 0 saturated heterocycles. The van der Waals surface area contributed by atoms with Crippen LogP contribution in [0.5, 0.6) is 5.75 Å². The van der Waals surface area contributed by atoms with Crippen molar-refractivity contribution in [2.45, 2.75) is 50.6 Å². The van der Waals surface area contributed by atoms with Gasteiger partial charge in [0.25, 0.3) is 0 Å². The lowest BCUT2D eigenvalue weighted by molar-refractivity contribution is 0.0421. The Hall–Kier alpha value is -2.28. The highest BCUT2D eigenvalue weighted by Crippen LogP contribution is 2.35. The van der Waals surface area contributed by atoms with Crippen molar-refractivity contribution < 1.29 is 13.9 Å². The maximum absolute atomic E-state index is 14.3. The lowest BCUT2D eigenvalue weighted by Crippen LogP contribution is -2.51. The van der Waals surface area contributed by atoms with E-state index in [4.69, 9.17) is 22.1 Å². The van der Waals surface area contributed by atoms with Gasteiger partial charge < -0.3 is 15.5 Å². The standard InChI is InChI=1S/C25H27ClFN3O2.ClH/c26-21-8-2-7-18-15(13-29-23(18)21)4-3-11-30(16-5-1-6-16)17-12-20-19(25(28)31)9-10-22(27)24(20)32-14-17;/h2,7-10,13,16-17,29H,1,3-6,11-12,14H2,(H2,28,31);1H. The number of hydrogen-bond donors (Lipinski definition) is 2. The summed E-state index contributed by atoms with van der Waals surface area (Å²) in [5.74, 6) is -0.794. The summed E-state index contributed by atoms with van der Waals surface area (Å²) in [6.07, 6.45) is 8.11. The molecule has 2 heterocycles. The molecular formula is C25H28Cl2FN3O2. The number of aryl methyl sites for hydroxylation is 1. The molecule has 5 rings (SSSR count). The molecule has 1 saturated carbocycles. The molecule has 3 aromatic rings. The predicted molar refractivity (Wildman–Crippen MR) is 131 cm³/mol. The van der Waals surface area contributed by atoms with E-state index < -0.39 is 11.7 Å². The minimum atomic E-state index is -0.543.